The molecule has 23 heavy (non-hydrogen) atoms. The van der Waals surface area contributed by atoms with Gasteiger partial charge in [0, 0.05) is 6.54 Å². The summed E-state index contributed by atoms with van der Waals surface area (Å²) in [5.41, 5.74) is -1.36. The van der Waals surface area contributed by atoms with Crippen molar-refractivity contribution < 1.29 is 31.1 Å². The maximum Gasteiger partial charge on any atom is 0.417 e. The van der Waals surface area contributed by atoms with Crippen LogP contribution in [0, 0.1) is 0 Å². The summed E-state index contributed by atoms with van der Waals surface area (Å²) in [6.07, 6.45) is -4.67. The molecule has 1 N–H and O–H groups in total. The summed E-state index contributed by atoms with van der Waals surface area (Å²) in [5, 5.41) is 1.71. The van der Waals surface area contributed by atoms with E-state index in [2.05, 4.69) is 10.1 Å². The highest BCUT2D eigenvalue weighted by molar-refractivity contribution is 7.92. The first-order chi connectivity index (χ1) is 10.5. The van der Waals surface area contributed by atoms with E-state index in [1.807, 2.05) is 0 Å². The second kappa shape index (κ2) is 7.26. The van der Waals surface area contributed by atoms with E-state index < -0.39 is 32.9 Å². The van der Waals surface area contributed by atoms with Gasteiger partial charge in [-0.3, -0.25) is 4.31 Å². The van der Waals surface area contributed by atoms with Gasteiger partial charge < -0.3 is 10.1 Å². The summed E-state index contributed by atoms with van der Waals surface area (Å²) >= 11 is 5.50. The molecule has 1 aromatic carbocycles. The second-order valence-electron chi connectivity index (χ2n) is 4.42. The number of hydrogen-bond donors (Lipinski definition) is 1. The number of alkyl carbamates (subject to hydrolysis) is 1. The van der Waals surface area contributed by atoms with Crippen LogP contribution < -0.4 is 9.62 Å². The Kier molecular flexibility index (Phi) is 6.11. The van der Waals surface area contributed by atoms with E-state index in [1.165, 1.54) is 0 Å². The number of benzene rings is 1. The molecule has 1 amide bonds. The van der Waals surface area contributed by atoms with Crippen LogP contribution in [0.2, 0.25) is 5.02 Å². The fraction of sp³-hybridized carbons (Fsp3) is 0.417. The Labute approximate surface area is 136 Å². The van der Waals surface area contributed by atoms with E-state index in [0.29, 0.717) is 6.07 Å². The highest BCUT2D eigenvalue weighted by atomic mass is 35.5. The normalized spacial score (nSPS) is 11.9. The molecule has 0 aliphatic carbocycles. The van der Waals surface area contributed by atoms with Crippen LogP contribution in [0.15, 0.2) is 18.2 Å². The lowest BCUT2D eigenvalue weighted by molar-refractivity contribution is -0.137. The smallest absolute Gasteiger partial charge is 0.417 e. The lowest BCUT2D eigenvalue weighted by Crippen LogP contribution is -2.38. The van der Waals surface area contributed by atoms with Gasteiger partial charge in [-0.1, -0.05) is 11.6 Å². The van der Waals surface area contributed by atoms with Crippen molar-refractivity contribution >= 4 is 33.4 Å². The Bertz CT molecular complexity index is 679. The summed E-state index contributed by atoms with van der Waals surface area (Å²) < 4.78 is 67.2. The molecular weight excluding hydrogens is 361 g/mol. The van der Waals surface area contributed by atoms with Crippen molar-refractivity contribution in [1.82, 2.24) is 5.32 Å². The van der Waals surface area contributed by atoms with Crippen molar-refractivity contribution in [2.75, 3.05) is 30.8 Å². The molecule has 0 spiro atoms. The lowest BCUT2D eigenvalue weighted by atomic mass is 10.2. The molecule has 11 heteroatoms. The Morgan fingerprint density at radius 1 is 1.39 bits per heavy atom. The summed E-state index contributed by atoms with van der Waals surface area (Å²) in [6, 6.07) is 2.75. The SMILES string of the molecule is COC(=O)NCCN(c1ccc(Cl)c(C(F)(F)F)c1)S(C)(=O)=O. The quantitative estimate of drug-likeness (QED) is 0.859. The van der Waals surface area contributed by atoms with Crippen LogP contribution in [0.4, 0.5) is 23.7 Å². The van der Waals surface area contributed by atoms with Crippen LogP contribution in [0.3, 0.4) is 0 Å². The molecule has 0 aromatic heterocycles. The standard InChI is InChI=1S/C12H14ClF3N2O4S/c1-22-11(19)17-5-6-18(23(2,20)21)8-3-4-10(13)9(7-8)12(14,15)16/h3-4,7H,5-6H2,1-2H3,(H,17,19). The number of carbonyl (C=O) groups excluding carboxylic acids is 1. The van der Waals surface area contributed by atoms with Crippen molar-refractivity contribution in [1.29, 1.82) is 0 Å². The maximum atomic E-state index is 12.9. The van der Waals surface area contributed by atoms with Crippen LogP contribution in [0.5, 0.6) is 0 Å². The molecular formula is C12H14ClF3N2O4S. The number of nitrogens with zero attached hydrogens (tertiary/aromatic N) is 1. The molecule has 0 aliphatic rings. The fourth-order valence-electron chi connectivity index (χ4n) is 1.70. The number of sulfonamides is 1. The van der Waals surface area contributed by atoms with E-state index in [-0.39, 0.29) is 18.8 Å². The van der Waals surface area contributed by atoms with Gasteiger partial charge in [-0.05, 0) is 18.2 Å². The predicted molar refractivity (Wildman–Crippen MR) is 79.1 cm³/mol. The molecule has 130 valence electrons. The molecule has 0 heterocycles. The summed E-state index contributed by atoms with van der Waals surface area (Å²) in [6.45, 7) is -0.420. The van der Waals surface area contributed by atoms with Gasteiger partial charge >= 0.3 is 12.3 Å². The third-order valence-electron chi connectivity index (χ3n) is 2.71. The molecule has 1 rings (SSSR count). The second-order valence-corrected chi connectivity index (χ2v) is 6.73. The minimum atomic E-state index is -4.72. The molecule has 0 atom stereocenters. The number of anilines is 1. The van der Waals surface area contributed by atoms with E-state index >= 15 is 0 Å². The van der Waals surface area contributed by atoms with Crippen LogP contribution in [-0.2, 0) is 20.9 Å². The van der Waals surface area contributed by atoms with E-state index in [4.69, 9.17) is 11.6 Å². The number of ether oxygens (including phenoxy) is 1. The molecule has 1 aromatic rings. The number of halogens is 4. The number of amides is 1. The van der Waals surface area contributed by atoms with Gasteiger partial charge in [-0.25, -0.2) is 13.2 Å². The van der Waals surface area contributed by atoms with Gasteiger partial charge in [0.15, 0.2) is 0 Å². The monoisotopic (exact) mass is 374 g/mol. The number of rotatable bonds is 5. The van der Waals surface area contributed by atoms with E-state index in [1.54, 1.807) is 0 Å². The van der Waals surface area contributed by atoms with E-state index in [9.17, 15) is 26.4 Å². The van der Waals surface area contributed by atoms with E-state index in [0.717, 1.165) is 29.8 Å². The molecule has 0 saturated heterocycles. The predicted octanol–water partition coefficient (Wildman–Crippen LogP) is 2.48. The van der Waals surface area contributed by atoms with Crippen molar-refractivity contribution in [3.63, 3.8) is 0 Å². The number of hydrogen-bond acceptors (Lipinski definition) is 4. The topological polar surface area (TPSA) is 75.7 Å². The van der Waals surface area contributed by atoms with Crippen LogP contribution in [0.1, 0.15) is 5.56 Å². The molecule has 0 bridgehead atoms. The van der Waals surface area contributed by atoms with Crippen molar-refractivity contribution in [2.45, 2.75) is 6.18 Å². The van der Waals surface area contributed by atoms with Crippen molar-refractivity contribution in [3.05, 3.63) is 28.8 Å². The average Bonchev–Trinajstić information content (AvgIpc) is 2.41. The first-order valence-electron chi connectivity index (χ1n) is 6.13. The summed E-state index contributed by atoms with van der Waals surface area (Å²) in [5.74, 6) is 0. The average molecular weight is 375 g/mol. The van der Waals surface area contributed by atoms with Gasteiger partial charge in [-0.2, -0.15) is 13.2 Å². The van der Waals surface area contributed by atoms with Gasteiger partial charge in [0.25, 0.3) is 0 Å². The Morgan fingerprint density at radius 3 is 2.48 bits per heavy atom. The zero-order chi connectivity index (χ0) is 17.8. The number of nitrogens with one attached hydrogen (secondary N) is 1. The molecule has 0 aliphatic heterocycles. The first-order valence-corrected chi connectivity index (χ1v) is 8.35. The molecule has 0 saturated carbocycles. The van der Waals surface area contributed by atoms with Crippen molar-refractivity contribution in [2.24, 2.45) is 0 Å². The Morgan fingerprint density at radius 2 is 2.00 bits per heavy atom. The number of methoxy groups -OCH3 is 1. The minimum Gasteiger partial charge on any atom is -0.453 e. The Hall–Kier alpha value is -1.68. The largest absolute Gasteiger partial charge is 0.453 e. The van der Waals surface area contributed by atoms with Crippen LogP contribution in [-0.4, -0.2) is 41.0 Å². The molecule has 6 nitrogen and oxygen atoms in total. The third-order valence-corrected chi connectivity index (χ3v) is 4.24. The highest BCUT2D eigenvalue weighted by Gasteiger charge is 2.34. The molecule has 0 fully saturated rings. The zero-order valence-corrected chi connectivity index (χ0v) is 13.7. The van der Waals surface area contributed by atoms with Gasteiger partial charge in [-0.15, -0.1) is 0 Å². The lowest BCUT2D eigenvalue weighted by Gasteiger charge is -2.23. The van der Waals surface area contributed by atoms with Gasteiger partial charge in [0.1, 0.15) is 0 Å². The summed E-state index contributed by atoms with van der Waals surface area (Å²) in [7, 11) is -2.74. The highest BCUT2D eigenvalue weighted by Crippen LogP contribution is 2.37. The molecule has 0 radical (unpaired) electrons. The zero-order valence-electron chi connectivity index (χ0n) is 12.1. The van der Waals surface area contributed by atoms with Crippen LogP contribution in [0.25, 0.3) is 0 Å². The number of alkyl halides is 3. The van der Waals surface area contributed by atoms with Crippen molar-refractivity contribution in [3.8, 4) is 0 Å². The third kappa shape index (κ3) is 5.47. The Balaban J connectivity index is 3.12. The number of carbonyl (C=O) groups is 1. The van der Waals surface area contributed by atoms with Crippen LogP contribution >= 0.6 is 11.6 Å². The maximum absolute atomic E-state index is 12.9. The summed E-state index contributed by atoms with van der Waals surface area (Å²) in [4.78, 5) is 10.9. The van der Waals surface area contributed by atoms with Gasteiger partial charge in [0.05, 0.1) is 36.2 Å². The first kappa shape index (κ1) is 19.4. The molecule has 0 unspecified atom stereocenters. The minimum absolute atomic E-state index is 0.149. The van der Waals surface area contributed by atoms with Gasteiger partial charge in [0.2, 0.25) is 10.0 Å². The fourth-order valence-corrected chi connectivity index (χ4v) is 2.85.